The van der Waals surface area contributed by atoms with Crippen molar-refractivity contribution in [1.82, 2.24) is 9.21 Å². The van der Waals surface area contributed by atoms with Gasteiger partial charge in [-0.15, -0.1) is 0 Å². The Morgan fingerprint density at radius 3 is 2.35 bits per heavy atom. The molecule has 114 valence electrons. The highest BCUT2D eigenvalue weighted by molar-refractivity contribution is 9.10. The summed E-state index contributed by atoms with van der Waals surface area (Å²) in [5.41, 5.74) is 1.03. The highest BCUT2D eigenvalue weighted by atomic mass is 79.9. The second-order valence-corrected chi connectivity index (χ2v) is 7.97. The molecule has 4 nitrogen and oxygen atoms in total. The van der Waals surface area contributed by atoms with E-state index in [2.05, 4.69) is 15.9 Å². The van der Waals surface area contributed by atoms with Crippen LogP contribution in [0.15, 0.2) is 27.6 Å². The Morgan fingerprint density at radius 2 is 1.90 bits per heavy atom. The minimum Gasteiger partial charge on any atom is -0.308 e. The predicted octanol–water partition coefficient (Wildman–Crippen LogP) is 2.72. The Hall–Kier alpha value is -0.430. The van der Waals surface area contributed by atoms with E-state index in [9.17, 15) is 8.42 Å². The van der Waals surface area contributed by atoms with Crippen molar-refractivity contribution in [3.63, 3.8) is 0 Å². The molecule has 0 spiro atoms. The van der Waals surface area contributed by atoms with E-state index in [1.165, 1.54) is 0 Å². The van der Waals surface area contributed by atoms with Gasteiger partial charge < -0.3 is 4.90 Å². The lowest BCUT2D eigenvalue weighted by atomic mass is 10.2. The minimum absolute atomic E-state index is 0.0757. The minimum atomic E-state index is -3.48. The molecule has 0 aliphatic heterocycles. The zero-order valence-corrected chi connectivity index (χ0v) is 15.1. The van der Waals surface area contributed by atoms with Crippen LogP contribution in [0.5, 0.6) is 0 Å². The smallest absolute Gasteiger partial charge is 0.244 e. The number of halogens is 1. The number of nitrogens with zero attached hydrogens (tertiary/aromatic N) is 2. The van der Waals surface area contributed by atoms with Gasteiger partial charge in [-0.1, -0.05) is 13.0 Å². The summed E-state index contributed by atoms with van der Waals surface area (Å²) in [6, 6.07) is 5.24. The van der Waals surface area contributed by atoms with Crippen molar-refractivity contribution < 1.29 is 8.42 Å². The summed E-state index contributed by atoms with van der Waals surface area (Å²) in [4.78, 5) is 2.32. The molecule has 0 radical (unpaired) electrons. The zero-order valence-electron chi connectivity index (χ0n) is 12.7. The fourth-order valence-electron chi connectivity index (χ4n) is 2.28. The SMILES string of the molecule is CCN(C(C)CN(C)C)S(=O)(=O)c1ccc(C)cc1Br. The van der Waals surface area contributed by atoms with Crippen LogP contribution in [0, 0.1) is 6.92 Å². The van der Waals surface area contributed by atoms with E-state index in [-0.39, 0.29) is 6.04 Å². The second kappa shape index (κ2) is 7.02. The van der Waals surface area contributed by atoms with Crippen LogP contribution in [0.3, 0.4) is 0 Å². The van der Waals surface area contributed by atoms with E-state index >= 15 is 0 Å². The topological polar surface area (TPSA) is 40.6 Å². The molecule has 0 fully saturated rings. The highest BCUT2D eigenvalue weighted by Gasteiger charge is 2.29. The maximum absolute atomic E-state index is 12.8. The van der Waals surface area contributed by atoms with Gasteiger partial charge in [-0.2, -0.15) is 4.31 Å². The van der Waals surface area contributed by atoms with E-state index in [1.807, 2.05) is 51.9 Å². The molecular weight excluding hydrogens is 340 g/mol. The molecule has 0 bridgehead atoms. The molecule has 1 rings (SSSR count). The van der Waals surface area contributed by atoms with Crippen LogP contribution in [-0.2, 0) is 10.0 Å². The first-order valence-electron chi connectivity index (χ1n) is 6.62. The largest absolute Gasteiger partial charge is 0.308 e. The molecule has 0 amide bonds. The lowest BCUT2D eigenvalue weighted by Crippen LogP contribution is -2.43. The summed E-state index contributed by atoms with van der Waals surface area (Å²) in [7, 11) is 0.403. The Bertz CT molecular complexity index is 558. The molecule has 0 saturated carbocycles. The number of rotatable bonds is 6. The molecule has 0 saturated heterocycles. The summed E-state index contributed by atoms with van der Waals surface area (Å²) in [6.45, 7) is 6.89. The summed E-state index contributed by atoms with van der Waals surface area (Å²) in [6.07, 6.45) is 0. The van der Waals surface area contributed by atoms with Crippen molar-refractivity contribution in [2.24, 2.45) is 0 Å². The molecule has 1 atom stereocenters. The average Bonchev–Trinajstić information content (AvgIpc) is 2.27. The summed E-state index contributed by atoms with van der Waals surface area (Å²) >= 11 is 3.36. The first-order chi connectivity index (χ1) is 9.20. The Balaban J connectivity index is 3.18. The van der Waals surface area contributed by atoms with Crippen molar-refractivity contribution >= 4 is 26.0 Å². The van der Waals surface area contributed by atoms with Crippen molar-refractivity contribution in [1.29, 1.82) is 0 Å². The third-order valence-electron chi connectivity index (χ3n) is 3.11. The molecule has 0 heterocycles. The molecule has 0 aromatic heterocycles. The fourth-order valence-corrected chi connectivity index (χ4v) is 5.06. The molecule has 1 aromatic carbocycles. The maximum Gasteiger partial charge on any atom is 0.244 e. The number of hydrogen-bond acceptors (Lipinski definition) is 3. The number of benzene rings is 1. The Kier molecular flexibility index (Phi) is 6.19. The number of sulfonamides is 1. The highest BCUT2D eigenvalue weighted by Crippen LogP contribution is 2.27. The van der Waals surface area contributed by atoms with Crippen molar-refractivity contribution in [3.05, 3.63) is 28.2 Å². The molecule has 6 heteroatoms. The molecule has 0 aliphatic rings. The van der Waals surface area contributed by atoms with Gasteiger partial charge in [0.05, 0.1) is 4.90 Å². The molecule has 0 aliphatic carbocycles. The van der Waals surface area contributed by atoms with Crippen LogP contribution in [0.25, 0.3) is 0 Å². The first-order valence-corrected chi connectivity index (χ1v) is 8.86. The van der Waals surface area contributed by atoms with Crippen molar-refractivity contribution in [3.8, 4) is 0 Å². The molecule has 20 heavy (non-hydrogen) atoms. The normalized spacial score (nSPS) is 14.0. The van der Waals surface area contributed by atoms with Crippen LogP contribution in [0.1, 0.15) is 19.4 Å². The van der Waals surface area contributed by atoms with E-state index in [0.717, 1.165) is 5.56 Å². The standard InChI is InChI=1S/C14H23BrN2O2S/c1-6-17(12(3)10-16(4)5)20(18,19)14-8-7-11(2)9-13(14)15/h7-9,12H,6,10H2,1-5H3. The number of likely N-dealkylation sites (N-methyl/N-ethyl adjacent to an activating group) is 2. The van der Waals surface area contributed by atoms with Crippen LogP contribution < -0.4 is 0 Å². The van der Waals surface area contributed by atoms with Crippen LogP contribution in [0.4, 0.5) is 0 Å². The second-order valence-electron chi connectivity index (χ2n) is 5.25. The summed E-state index contributed by atoms with van der Waals surface area (Å²) in [5.74, 6) is 0. The Morgan fingerprint density at radius 1 is 1.30 bits per heavy atom. The fraction of sp³-hybridized carbons (Fsp3) is 0.571. The number of aryl methyl sites for hydroxylation is 1. The Labute approximate surface area is 130 Å². The van der Waals surface area contributed by atoms with Gasteiger partial charge >= 0.3 is 0 Å². The predicted molar refractivity (Wildman–Crippen MR) is 86.5 cm³/mol. The quantitative estimate of drug-likeness (QED) is 0.780. The van der Waals surface area contributed by atoms with Crippen molar-refractivity contribution in [2.75, 3.05) is 27.2 Å². The zero-order chi connectivity index (χ0) is 15.5. The van der Waals surface area contributed by atoms with Crippen LogP contribution in [0.2, 0.25) is 0 Å². The first kappa shape index (κ1) is 17.6. The number of hydrogen-bond donors (Lipinski definition) is 0. The van der Waals surface area contributed by atoms with Gasteiger partial charge in [0.25, 0.3) is 0 Å². The monoisotopic (exact) mass is 362 g/mol. The average molecular weight is 363 g/mol. The summed E-state index contributed by atoms with van der Waals surface area (Å²) in [5, 5.41) is 0. The molecular formula is C14H23BrN2O2S. The third-order valence-corrected chi connectivity index (χ3v) is 6.17. The van der Waals surface area contributed by atoms with Crippen LogP contribution >= 0.6 is 15.9 Å². The van der Waals surface area contributed by atoms with Gasteiger partial charge in [0.2, 0.25) is 10.0 Å². The van der Waals surface area contributed by atoms with Crippen molar-refractivity contribution in [2.45, 2.75) is 31.7 Å². The molecule has 1 aromatic rings. The summed E-state index contributed by atoms with van der Waals surface area (Å²) < 4.78 is 27.8. The van der Waals surface area contributed by atoms with E-state index in [1.54, 1.807) is 10.4 Å². The lowest BCUT2D eigenvalue weighted by Gasteiger charge is -2.29. The van der Waals surface area contributed by atoms with E-state index < -0.39 is 10.0 Å². The lowest BCUT2D eigenvalue weighted by molar-refractivity contribution is 0.271. The van der Waals surface area contributed by atoms with Gasteiger partial charge in [-0.25, -0.2) is 8.42 Å². The van der Waals surface area contributed by atoms with Gasteiger partial charge in [0, 0.05) is 23.6 Å². The maximum atomic E-state index is 12.8. The van der Waals surface area contributed by atoms with Crippen LogP contribution in [-0.4, -0.2) is 50.8 Å². The van der Waals surface area contributed by atoms with Gasteiger partial charge in [0.1, 0.15) is 0 Å². The van der Waals surface area contributed by atoms with E-state index in [4.69, 9.17) is 0 Å². The van der Waals surface area contributed by atoms with E-state index in [0.29, 0.717) is 22.5 Å². The van der Waals surface area contributed by atoms with Gasteiger partial charge in [-0.05, 0) is 61.6 Å². The third kappa shape index (κ3) is 4.04. The van der Waals surface area contributed by atoms with Gasteiger partial charge in [0.15, 0.2) is 0 Å². The molecule has 1 unspecified atom stereocenters. The molecule has 0 N–H and O–H groups in total. The van der Waals surface area contributed by atoms with Gasteiger partial charge in [-0.3, -0.25) is 0 Å².